The van der Waals surface area contributed by atoms with E-state index in [9.17, 15) is 20.0 Å². The Hall–Kier alpha value is -1.73. The molecule has 1 amide bonds. The first-order valence-corrected chi connectivity index (χ1v) is 6.56. The van der Waals surface area contributed by atoms with E-state index in [1.54, 1.807) is 0 Å². The van der Waals surface area contributed by atoms with Crippen molar-refractivity contribution in [2.24, 2.45) is 5.92 Å². The molecule has 1 aliphatic heterocycles. The van der Waals surface area contributed by atoms with Crippen LogP contribution in [0.15, 0.2) is 12.3 Å². The van der Waals surface area contributed by atoms with Gasteiger partial charge in [-0.15, -0.1) is 0 Å². The summed E-state index contributed by atoms with van der Waals surface area (Å²) in [6.45, 7) is 2.52. The fourth-order valence-electron chi connectivity index (χ4n) is 2.18. The van der Waals surface area contributed by atoms with Gasteiger partial charge in [0.15, 0.2) is 0 Å². The molecule has 8 heteroatoms. The van der Waals surface area contributed by atoms with Crippen LogP contribution >= 0.6 is 11.6 Å². The Morgan fingerprint density at radius 3 is 2.95 bits per heavy atom. The average molecular weight is 300 g/mol. The third-order valence-electron chi connectivity index (χ3n) is 3.50. The number of nitrogens with zero attached hydrogens (tertiary/aromatic N) is 3. The molecule has 1 aromatic heterocycles. The number of carbonyl (C=O) groups excluding carboxylic acids is 1. The van der Waals surface area contributed by atoms with E-state index in [0.29, 0.717) is 13.0 Å². The second-order valence-electron chi connectivity index (χ2n) is 4.84. The monoisotopic (exact) mass is 299 g/mol. The molecule has 2 unspecified atom stereocenters. The SMILES string of the molecule is CC1CCN(C(=O)c2ccnc(Cl)c2[N+](=O)[O-])CC1O. The number of aliphatic hydroxyl groups excluding tert-OH is 1. The smallest absolute Gasteiger partial charge is 0.319 e. The lowest BCUT2D eigenvalue weighted by molar-refractivity contribution is -0.385. The van der Waals surface area contributed by atoms with Crippen LogP contribution in [0.4, 0.5) is 5.69 Å². The number of hydrogen-bond acceptors (Lipinski definition) is 5. The number of carbonyl (C=O) groups is 1. The summed E-state index contributed by atoms with van der Waals surface area (Å²) in [4.78, 5) is 27.7. The highest BCUT2D eigenvalue weighted by Gasteiger charge is 2.32. The van der Waals surface area contributed by atoms with E-state index in [1.165, 1.54) is 17.2 Å². The number of halogens is 1. The summed E-state index contributed by atoms with van der Waals surface area (Å²) in [7, 11) is 0. The predicted octanol–water partition coefficient (Wildman–Crippen LogP) is 1.49. The normalized spacial score (nSPS) is 22.6. The maximum absolute atomic E-state index is 12.4. The molecule has 108 valence electrons. The summed E-state index contributed by atoms with van der Waals surface area (Å²) >= 11 is 5.69. The molecule has 0 spiro atoms. The molecule has 2 atom stereocenters. The van der Waals surface area contributed by atoms with E-state index in [4.69, 9.17) is 11.6 Å². The summed E-state index contributed by atoms with van der Waals surface area (Å²) in [5.74, 6) is -0.401. The van der Waals surface area contributed by atoms with Gasteiger partial charge in [-0.2, -0.15) is 0 Å². The van der Waals surface area contributed by atoms with E-state index in [1.807, 2.05) is 6.92 Å². The van der Waals surface area contributed by atoms with Crippen LogP contribution in [0.5, 0.6) is 0 Å². The number of rotatable bonds is 2. The predicted molar refractivity (Wildman–Crippen MR) is 71.6 cm³/mol. The Morgan fingerprint density at radius 1 is 1.65 bits per heavy atom. The number of aliphatic hydroxyl groups is 1. The highest BCUT2D eigenvalue weighted by atomic mass is 35.5. The van der Waals surface area contributed by atoms with Gasteiger partial charge in [-0.3, -0.25) is 14.9 Å². The number of aromatic nitrogens is 1. The third kappa shape index (κ3) is 2.73. The third-order valence-corrected chi connectivity index (χ3v) is 3.78. The maximum atomic E-state index is 12.4. The summed E-state index contributed by atoms with van der Waals surface area (Å²) in [6.07, 6.45) is 1.29. The van der Waals surface area contributed by atoms with Gasteiger partial charge in [0, 0.05) is 19.3 Å². The first kappa shape index (κ1) is 14.7. The number of piperidine rings is 1. The van der Waals surface area contributed by atoms with Crippen LogP contribution in [-0.4, -0.2) is 45.0 Å². The van der Waals surface area contributed by atoms with Gasteiger partial charge in [0.1, 0.15) is 5.56 Å². The van der Waals surface area contributed by atoms with Crippen molar-refractivity contribution < 1.29 is 14.8 Å². The van der Waals surface area contributed by atoms with Crippen molar-refractivity contribution in [3.8, 4) is 0 Å². The molecule has 0 aromatic carbocycles. The van der Waals surface area contributed by atoms with Gasteiger partial charge in [0.05, 0.1) is 11.0 Å². The largest absolute Gasteiger partial charge is 0.391 e. The van der Waals surface area contributed by atoms with E-state index >= 15 is 0 Å². The topological polar surface area (TPSA) is 96.6 Å². The van der Waals surface area contributed by atoms with Crippen LogP contribution in [-0.2, 0) is 0 Å². The first-order valence-electron chi connectivity index (χ1n) is 6.18. The van der Waals surface area contributed by atoms with Crippen molar-refractivity contribution in [3.63, 3.8) is 0 Å². The summed E-state index contributed by atoms with van der Waals surface area (Å²) in [5, 5.41) is 20.5. The molecule has 1 aromatic rings. The van der Waals surface area contributed by atoms with Crippen molar-refractivity contribution in [3.05, 3.63) is 33.1 Å². The highest BCUT2D eigenvalue weighted by Crippen LogP contribution is 2.28. The Bertz CT molecular complexity index is 552. The quantitative estimate of drug-likeness (QED) is 0.507. The van der Waals surface area contributed by atoms with E-state index < -0.39 is 22.6 Å². The van der Waals surface area contributed by atoms with Crippen molar-refractivity contribution >= 4 is 23.2 Å². The minimum atomic E-state index is -0.717. The summed E-state index contributed by atoms with van der Waals surface area (Å²) in [5.41, 5.74) is -0.593. The molecule has 7 nitrogen and oxygen atoms in total. The molecule has 0 aliphatic carbocycles. The van der Waals surface area contributed by atoms with Gasteiger partial charge in [0.2, 0.25) is 5.15 Å². The second-order valence-corrected chi connectivity index (χ2v) is 5.20. The van der Waals surface area contributed by atoms with Crippen molar-refractivity contribution in [1.82, 2.24) is 9.88 Å². The van der Waals surface area contributed by atoms with E-state index in [-0.39, 0.29) is 23.2 Å². The molecule has 2 rings (SSSR count). The molecule has 2 heterocycles. The molecule has 0 bridgehead atoms. The van der Waals surface area contributed by atoms with E-state index in [2.05, 4.69) is 4.98 Å². The zero-order valence-electron chi connectivity index (χ0n) is 10.8. The molecular formula is C12H14ClN3O4. The lowest BCUT2D eigenvalue weighted by Crippen LogP contribution is -2.46. The minimum Gasteiger partial charge on any atom is -0.391 e. The molecule has 1 aliphatic rings. The molecule has 0 saturated carbocycles. The first-order chi connectivity index (χ1) is 9.41. The van der Waals surface area contributed by atoms with Crippen molar-refractivity contribution in [2.45, 2.75) is 19.4 Å². The fourth-order valence-corrected chi connectivity index (χ4v) is 2.41. The molecule has 1 fully saturated rings. The molecule has 0 radical (unpaired) electrons. The number of nitro groups is 1. The van der Waals surface area contributed by atoms with Gasteiger partial charge in [-0.05, 0) is 18.4 Å². The molecular weight excluding hydrogens is 286 g/mol. The maximum Gasteiger partial charge on any atom is 0.319 e. The Labute approximate surface area is 120 Å². The van der Waals surface area contributed by atoms with E-state index in [0.717, 1.165) is 0 Å². The average Bonchev–Trinajstić information content (AvgIpc) is 2.40. The Balaban J connectivity index is 2.30. The van der Waals surface area contributed by atoms with Crippen LogP contribution in [0.1, 0.15) is 23.7 Å². The van der Waals surface area contributed by atoms with Gasteiger partial charge >= 0.3 is 5.69 Å². The fraction of sp³-hybridized carbons (Fsp3) is 0.500. The Morgan fingerprint density at radius 2 is 2.35 bits per heavy atom. The summed E-state index contributed by atoms with van der Waals surface area (Å²) < 4.78 is 0. The van der Waals surface area contributed by atoms with Crippen LogP contribution in [0.3, 0.4) is 0 Å². The van der Waals surface area contributed by atoms with Crippen LogP contribution < -0.4 is 0 Å². The minimum absolute atomic E-state index is 0.100. The highest BCUT2D eigenvalue weighted by molar-refractivity contribution is 6.32. The number of pyridine rings is 1. The van der Waals surface area contributed by atoms with Crippen LogP contribution in [0.2, 0.25) is 5.15 Å². The lowest BCUT2D eigenvalue weighted by Gasteiger charge is -2.34. The van der Waals surface area contributed by atoms with Crippen molar-refractivity contribution in [1.29, 1.82) is 0 Å². The van der Waals surface area contributed by atoms with Gasteiger partial charge in [-0.1, -0.05) is 18.5 Å². The summed E-state index contributed by atoms with van der Waals surface area (Å²) in [6, 6.07) is 1.27. The second kappa shape index (κ2) is 5.72. The zero-order valence-corrected chi connectivity index (χ0v) is 11.6. The molecule has 1 saturated heterocycles. The van der Waals surface area contributed by atoms with Crippen molar-refractivity contribution in [2.75, 3.05) is 13.1 Å². The zero-order chi connectivity index (χ0) is 14.9. The number of β-amino-alcohol motifs (C(OH)–C–C–N with tert-alkyl or cyclic N) is 1. The van der Waals surface area contributed by atoms with Crippen LogP contribution in [0.25, 0.3) is 0 Å². The lowest BCUT2D eigenvalue weighted by atomic mass is 9.95. The number of hydrogen-bond donors (Lipinski definition) is 1. The van der Waals surface area contributed by atoms with Gasteiger partial charge < -0.3 is 10.0 Å². The van der Waals surface area contributed by atoms with Gasteiger partial charge in [0.25, 0.3) is 5.91 Å². The molecule has 1 N–H and O–H groups in total. The standard InChI is InChI=1S/C12H14ClN3O4/c1-7-3-5-15(6-9(7)17)12(18)8-2-4-14-11(13)10(8)16(19)20/h2,4,7,9,17H,3,5-6H2,1H3. The molecule has 20 heavy (non-hydrogen) atoms. The number of amides is 1. The number of likely N-dealkylation sites (tertiary alicyclic amines) is 1. The Kier molecular flexibility index (Phi) is 4.20. The van der Waals surface area contributed by atoms with Gasteiger partial charge in [-0.25, -0.2) is 4.98 Å². The van der Waals surface area contributed by atoms with Crippen LogP contribution in [0, 0.1) is 16.0 Å².